The van der Waals surface area contributed by atoms with Gasteiger partial charge in [0.05, 0.1) is 22.0 Å². The summed E-state index contributed by atoms with van der Waals surface area (Å²) in [7, 11) is 3.64. The molecule has 7 heteroatoms. The van der Waals surface area contributed by atoms with Gasteiger partial charge in [0.1, 0.15) is 23.5 Å². The van der Waals surface area contributed by atoms with Crippen LogP contribution in [0.5, 0.6) is 0 Å². The molecule has 0 spiro atoms. The van der Waals surface area contributed by atoms with Crippen molar-refractivity contribution in [2.24, 2.45) is 5.16 Å². The first kappa shape index (κ1) is 16.7. The number of thiazole rings is 1. The first-order valence-corrected chi connectivity index (χ1v) is 9.20. The van der Waals surface area contributed by atoms with Crippen LogP contribution in [0.1, 0.15) is 17.8 Å². The molecule has 0 amide bonds. The zero-order valence-corrected chi connectivity index (χ0v) is 15.7. The largest absolute Gasteiger partial charge is 0.399 e. The summed E-state index contributed by atoms with van der Waals surface area (Å²) in [6, 6.07) is 8.10. The Labute approximate surface area is 156 Å². The van der Waals surface area contributed by atoms with Crippen LogP contribution in [0, 0.1) is 6.92 Å². The Morgan fingerprint density at radius 2 is 2.12 bits per heavy atom. The third kappa shape index (κ3) is 2.94. The van der Waals surface area contributed by atoms with Crippen molar-refractivity contribution in [2.45, 2.75) is 13.3 Å². The number of aromatic nitrogens is 3. The van der Waals surface area contributed by atoms with Gasteiger partial charge in [0.2, 0.25) is 0 Å². The van der Waals surface area contributed by atoms with Crippen molar-refractivity contribution in [3.8, 4) is 21.1 Å². The van der Waals surface area contributed by atoms with Gasteiger partial charge in [-0.25, -0.2) is 9.97 Å². The van der Waals surface area contributed by atoms with E-state index < -0.39 is 0 Å². The van der Waals surface area contributed by atoms with Crippen LogP contribution < -0.4 is 4.90 Å². The lowest BCUT2D eigenvalue weighted by Gasteiger charge is -2.27. The molecule has 26 heavy (non-hydrogen) atoms. The molecule has 0 saturated carbocycles. The quantitative estimate of drug-likeness (QED) is 0.661. The molecule has 6 nitrogen and oxygen atoms in total. The molecule has 4 rings (SSSR count). The normalized spacial score (nSPS) is 15.2. The van der Waals surface area contributed by atoms with Gasteiger partial charge in [-0.05, 0) is 31.2 Å². The topological polar surface area (TPSA) is 63.5 Å². The minimum absolute atomic E-state index is 0.816. The summed E-state index contributed by atoms with van der Waals surface area (Å²) >= 11 is 1.63. The Morgan fingerprint density at radius 3 is 2.88 bits per heavy atom. The molecule has 1 aliphatic rings. The highest BCUT2D eigenvalue weighted by atomic mass is 32.1. The fourth-order valence-corrected chi connectivity index (χ4v) is 4.08. The van der Waals surface area contributed by atoms with Crippen LogP contribution in [0.15, 0.2) is 41.8 Å². The van der Waals surface area contributed by atoms with Crippen LogP contribution in [0.25, 0.3) is 21.1 Å². The SMILES string of the molecule is CO/N=C1\CCN(C)c2ccc(-c3sc(-c4cccnc4)nc3C)nc21. The lowest BCUT2D eigenvalue weighted by Crippen LogP contribution is -2.29. The zero-order valence-electron chi connectivity index (χ0n) is 14.9. The van der Waals surface area contributed by atoms with E-state index in [0.717, 1.165) is 56.9 Å². The van der Waals surface area contributed by atoms with Crippen LogP contribution in [0.3, 0.4) is 0 Å². The molecule has 0 N–H and O–H groups in total. The Kier molecular flexibility index (Phi) is 4.38. The number of oxime groups is 1. The molecule has 0 bridgehead atoms. The summed E-state index contributed by atoms with van der Waals surface area (Å²) in [5.74, 6) is 0. The van der Waals surface area contributed by atoms with Gasteiger partial charge in [-0.3, -0.25) is 4.98 Å². The van der Waals surface area contributed by atoms with E-state index in [0.29, 0.717) is 0 Å². The van der Waals surface area contributed by atoms with E-state index in [1.807, 2.05) is 25.3 Å². The smallest absolute Gasteiger partial charge is 0.125 e. The van der Waals surface area contributed by atoms with E-state index in [9.17, 15) is 0 Å². The van der Waals surface area contributed by atoms with Gasteiger partial charge in [0.25, 0.3) is 0 Å². The van der Waals surface area contributed by atoms with E-state index in [4.69, 9.17) is 14.8 Å². The van der Waals surface area contributed by atoms with Gasteiger partial charge in [0.15, 0.2) is 0 Å². The number of anilines is 1. The maximum Gasteiger partial charge on any atom is 0.125 e. The lowest BCUT2D eigenvalue weighted by molar-refractivity contribution is 0.212. The predicted octanol–water partition coefficient (Wildman–Crippen LogP) is 3.77. The number of nitrogens with zero attached hydrogens (tertiary/aromatic N) is 5. The van der Waals surface area contributed by atoms with E-state index >= 15 is 0 Å². The van der Waals surface area contributed by atoms with Gasteiger partial charge in [-0.2, -0.15) is 0 Å². The van der Waals surface area contributed by atoms with Crippen LogP contribution in [-0.4, -0.2) is 41.4 Å². The third-order valence-corrected chi connectivity index (χ3v) is 5.61. The average Bonchev–Trinajstić information content (AvgIpc) is 3.06. The van der Waals surface area contributed by atoms with Gasteiger partial charge < -0.3 is 9.74 Å². The van der Waals surface area contributed by atoms with E-state index in [1.165, 1.54) is 0 Å². The highest BCUT2D eigenvalue weighted by Crippen LogP contribution is 2.36. The fourth-order valence-electron chi connectivity index (χ4n) is 3.06. The van der Waals surface area contributed by atoms with E-state index in [1.54, 1.807) is 24.6 Å². The summed E-state index contributed by atoms with van der Waals surface area (Å²) in [5, 5.41) is 5.13. The summed E-state index contributed by atoms with van der Waals surface area (Å²) in [5.41, 5.74) is 5.74. The number of pyridine rings is 2. The monoisotopic (exact) mass is 365 g/mol. The molecular formula is C19H19N5OS. The van der Waals surface area contributed by atoms with E-state index in [2.05, 4.69) is 34.2 Å². The summed E-state index contributed by atoms with van der Waals surface area (Å²) in [6.45, 7) is 2.92. The maximum absolute atomic E-state index is 5.02. The zero-order chi connectivity index (χ0) is 18.1. The van der Waals surface area contributed by atoms with Gasteiger partial charge in [-0.15, -0.1) is 11.3 Å². The van der Waals surface area contributed by atoms with Crippen molar-refractivity contribution in [1.82, 2.24) is 15.0 Å². The summed E-state index contributed by atoms with van der Waals surface area (Å²) in [6.07, 6.45) is 4.42. The third-order valence-electron chi connectivity index (χ3n) is 4.38. The number of hydrogen-bond donors (Lipinski definition) is 0. The summed E-state index contributed by atoms with van der Waals surface area (Å²) < 4.78 is 0. The molecule has 0 radical (unpaired) electrons. The molecule has 0 unspecified atom stereocenters. The van der Waals surface area contributed by atoms with Crippen LogP contribution in [-0.2, 0) is 4.84 Å². The van der Waals surface area contributed by atoms with E-state index in [-0.39, 0.29) is 0 Å². The minimum atomic E-state index is 0.816. The average molecular weight is 365 g/mol. The van der Waals surface area contributed by atoms with Crippen molar-refractivity contribution in [2.75, 3.05) is 25.6 Å². The van der Waals surface area contributed by atoms with Crippen molar-refractivity contribution in [3.63, 3.8) is 0 Å². The molecule has 0 saturated heterocycles. The fraction of sp³-hybridized carbons (Fsp3) is 0.263. The van der Waals surface area contributed by atoms with Crippen molar-refractivity contribution < 1.29 is 4.84 Å². The molecule has 0 aromatic carbocycles. The van der Waals surface area contributed by atoms with Crippen LogP contribution >= 0.6 is 11.3 Å². The van der Waals surface area contributed by atoms with Crippen molar-refractivity contribution in [1.29, 1.82) is 0 Å². The van der Waals surface area contributed by atoms with Crippen molar-refractivity contribution in [3.05, 3.63) is 48.0 Å². The highest BCUT2D eigenvalue weighted by Gasteiger charge is 2.23. The van der Waals surface area contributed by atoms with Crippen LogP contribution in [0.4, 0.5) is 5.69 Å². The molecular weight excluding hydrogens is 346 g/mol. The molecule has 0 atom stereocenters. The molecule has 1 aliphatic heterocycles. The van der Waals surface area contributed by atoms with Crippen LogP contribution in [0.2, 0.25) is 0 Å². The molecule has 132 valence electrons. The maximum atomic E-state index is 5.02. The second-order valence-electron chi connectivity index (χ2n) is 6.13. The summed E-state index contributed by atoms with van der Waals surface area (Å²) in [4.78, 5) is 22.1. The van der Waals surface area contributed by atoms with Gasteiger partial charge >= 0.3 is 0 Å². The first-order valence-electron chi connectivity index (χ1n) is 8.38. The highest BCUT2D eigenvalue weighted by molar-refractivity contribution is 7.18. The van der Waals surface area contributed by atoms with Gasteiger partial charge in [-0.1, -0.05) is 5.16 Å². The second kappa shape index (κ2) is 6.84. The minimum Gasteiger partial charge on any atom is -0.399 e. The Balaban J connectivity index is 1.79. The number of aryl methyl sites for hydroxylation is 1. The standard InChI is InChI=1S/C19H19N5OS/c1-12-18(26-19(21-12)13-5-4-9-20-11-13)15-6-7-16-17(22-15)14(23-25-3)8-10-24(16)2/h4-7,9,11H,8,10H2,1-3H3/b23-14+. The first-order chi connectivity index (χ1) is 12.7. The number of fused-ring (bicyclic) bond motifs is 1. The molecule has 0 fully saturated rings. The molecule has 3 aromatic heterocycles. The molecule has 0 aliphatic carbocycles. The predicted molar refractivity (Wildman–Crippen MR) is 105 cm³/mol. The lowest BCUT2D eigenvalue weighted by atomic mass is 10.0. The molecule has 4 heterocycles. The second-order valence-corrected chi connectivity index (χ2v) is 7.13. The van der Waals surface area contributed by atoms with Gasteiger partial charge in [0, 0.05) is 38.0 Å². The number of rotatable bonds is 3. The Bertz CT molecular complexity index is 967. The molecule has 3 aromatic rings. The number of hydrogen-bond acceptors (Lipinski definition) is 7. The van der Waals surface area contributed by atoms with Crippen molar-refractivity contribution >= 4 is 22.7 Å². The Morgan fingerprint density at radius 1 is 1.23 bits per heavy atom. The Hall–Kier alpha value is -2.80.